The number of hydrogen-bond acceptors (Lipinski definition) is 8. The Morgan fingerprint density at radius 2 is 2.03 bits per heavy atom. The van der Waals surface area contributed by atoms with E-state index in [4.69, 9.17) is 9.15 Å². The van der Waals surface area contributed by atoms with Crippen molar-refractivity contribution in [3.8, 4) is 5.75 Å². The van der Waals surface area contributed by atoms with Crippen molar-refractivity contribution in [2.45, 2.75) is 62.5 Å². The Kier molecular flexibility index (Phi) is 6.33. The van der Waals surface area contributed by atoms with E-state index in [-0.39, 0.29) is 0 Å². The van der Waals surface area contributed by atoms with Crippen LogP contribution >= 0.6 is 11.8 Å². The van der Waals surface area contributed by atoms with Gasteiger partial charge in [0.1, 0.15) is 5.75 Å². The molecule has 0 atom stereocenters. The van der Waals surface area contributed by atoms with E-state index in [0.29, 0.717) is 30.1 Å². The predicted molar refractivity (Wildman–Crippen MR) is 111 cm³/mol. The van der Waals surface area contributed by atoms with Crippen molar-refractivity contribution in [2.75, 3.05) is 12.4 Å². The number of hydrogen-bond donors (Lipinski definition) is 1. The van der Waals surface area contributed by atoms with E-state index >= 15 is 0 Å². The molecule has 2 aromatic heterocycles. The molecule has 3 aromatic rings. The van der Waals surface area contributed by atoms with Gasteiger partial charge in [-0.2, -0.15) is 0 Å². The lowest BCUT2D eigenvalue weighted by Gasteiger charge is -2.25. The molecule has 0 spiro atoms. The lowest BCUT2D eigenvalue weighted by Crippen LogP contribution is -2.18. The molecule has 1 saturated carbocycles. The Morgan fingerprint density at radius 1 is 1.17 bits per heavy atom. The highest BCUT2D eigenvalue weighted by Crippen LogP contribution is 2.33. The molecule has 0 radical (unpaired) electrons. The molecule has 0 amide bonds. The second kappa shape index (κ2) is 9.30. The minimum Gasteiger partial charge on any atom is -0.497 e. The molecule has 154 valence electrons. The highest BCUT2D eigenvalue weighted by molar-refractivity contribution is 7.98. The van der Waals surface area contributed by atoms with Crippen molar-refractivity contribution in [3.05, 3.63) is 41.9 Å². The maximum atomic E-state index is 5.50. The summed E-state index contributed by atoms with van der Waals surface area (Å²) in [6.45, 7) is 2.41. The van der Waals surface area contributed by atoms with Crippen molar-refractivity contribution < 1.29 is 9.15 Å². The highest BCUT2D eigenvalue weighted by atomic mass is 32.2. The van der Waals surface area contributed by atoms with Gasteiger partial charge in [-0.05, 0) is 25.0 Å². The Labute approximate surface area is 174 Å². The summed E-state index contributed by atoms with van der Waals surface area (Å²) >= 11 is 1.60. The second-order valence-corrected chi connectivity index (χ2v) is 8.09. The smallest absolute Gasteiger partial charge is 0.226 e. The van der Waals surface area contributed by atoms with Crippen LogP contribution in [0.15, 0.2) is 33.8 Å². The van der Waals surface area contributed by atoms with Crippen LogP contribution in [0, 0.1) is 6.92 Å². The largest absolute Gasteiger partial charge is 0.497 e. The number of aryl methyl sites for hydroxylation is 1. The zero-order valence-corrected chi connectivity index (χ0v) is 17.6. The van der Waals surface area contributed by atoms with Gasteiger partial charge in [0, 0.05) is 24.7 Å². The zero-order valence-electron chi connectivity index (χ0n) is 16.8. The average Bonchev–Trinajstić information content (AvgIpc) is 3.37. The zero-order chi connectivity index (χ0) is 20.1. The number of methoxy groups -OCH3 is 1. The number of benzene rings is 1. The van der Waals surface area contributed by atoms with E-state index < -0.39 is 0 Å². The fourth-order valence-corrected chi connectivity index (χ4v) is 4.53. The monoisotopic (exact) mass is 414 g/mol. The quantitative estimate of drug-likeness (QED) is 0.543. The highest BCUT2D eigenvalue weighted by Gasteiger charge is 2.23. The lowest BCUT2D eigenvalue weighted by atomic mass is 9.95. The third-order valence-corrected chi connectivity index (χ3v) is 6.02. The minimum atomic E-state index is 0.438. The second-order valence-electron chi connectivity index (χ2n) is 7.15. The van der Waals surface area contributed by atoms with Gasteiger partial charge >= 0.3 is 0 Å². The van der Waals surface area contributed by atoms with Gasteiger partial charge in [0.05, 0.1) is 19.4 Å². The molecule has 1 aliphatic carbocycles. The van der Waals surface area contributed by atoms with Crippen LogP contribution in [-0.4, -0.2) is 32.1 Å². The Morgan fingerprint density at radius 3 is 2.79 bits per heavy atom. The molecule has 4 rings (SSSR count). The summed E-state index contributed by atoms with van der Waals surface area (Å²) in [4.78, 5) is 0. The lowest BCUT2D eigenvalue weighted by molar-refractivity contribution is 0.330. The summed E-state index contributed by atoms with van der Waals surface area (Å²) in [5.41, 5.74) is 0.998. The molecule has 0 saturated heterocycles. The fourth-order valence-electron chi connectivity index (χ4n) is 3.67. The van der Waals surface area contributed by atoms with E-state index in [1.165, 1.54) is 19.3 Å². The molecule has 0 unspecified atom stereocenters. The molecule has 1 aliphatic rings. The van der Waals surface area contributed by atoms with Crippen molar-refractivity contribution >= 4 is 17.4 Å². The van der Waals surface area contributed by atoms with E-state index in [1.54, 1.807) is 25.8 Å². The molecular weight excluding hydrogens is 388 g/mol. The number of nitrogens with zero attached hydrogens (tertiary/aromatic N) is 5. The van der Waals surface area contributed by atoms with Crippen molar-refractivity contribution in [1.29, 1.82) is 0 Å². The third kappa shape index (κ3) is 4.90. The first-order valence-electron chi connectivity index (χ1n) is 9.96. The topological polar surface area (TPSA) is 90.9 Å². The minimum absolute atomic E-state index is 0.438. The molecular formula is C20H26N6O2S. The summed E-state index contributed by atoms with van der Waals surface area (Å²) < 4.78 is 13.1. The van der Waals surface area contributed by atoms with Gasteiger partial charge in [-0.25, -0.2) is 0 Å². The number of thioether (sulfide) groups is 1. The molecule has 2 heterocycles. The van der Waals surface area contributed by atoms with Crippen LogP contribution in [0.25, 0.3) is 0 Å². The molecule has 8 nitrogen and oxygen atoms in total. The van der Waals surface area contributed by atoms with Crippen LogP contribution in [-0.2, 0) is 12.3 Å². The van der Waals surface area contributed by atoms with Crippen LogP contribution in [0.4, 0.5) is 5.69 Å². The normalized spacial score (nSPS) is 14.8. The summed E-state index contributed by atoms with van der Waals surface area (Å²) in [6.07, 6.45) is 6.13. The maximum absolute atomic E-state index is 5.50. The predicted octanol–water partition coefficient (Wildman–Crippen LogP) is 4.39. The summed E-state index contributed by atoms with van der Waals surface area (Å²) in [5, 5.41) is 21.3. The first kappa shape index (κ1) is 19.8. The van der Waals surface area contributed by atoms with Crippen LogP contribution in [0.1, 0.15) is 55.8 Å². The summed E-state index contributed by atoms with van der Waals surface area (Å²) in [5.74, 6) is 3.56. The molecule has 29 heavy (non-hydrogen) atoms. The van der Waals surface area contributed by atoms with Gasteiger partial charge in [-0.3, -0.25) is 0 Å². The van der Waals surface area contributed by atoms with Crippen LogP contribution in [0.2, 0.25) is 0 Å². The number of rotatable bonds is 8. The van der Waals surface area contributed by atoms with Crippen molar-refractivity contribution in [1.82, 2.24) is 25.0 Å². The van der Waals surface area contributed by atoms with Crippen LogP contribution in [0.5, 0.6) is 5.75 Å². The Bertz CT molecular complexity index is 935. The fraction of sp³-hybridized carbons (Fsp3) is 0.500. The Hall–Kier alpha value is -2.55. The first-order valence-corrected chi connectivity index (χ1v) is 10.9. The number of ether oxygens (including phenoxy) is 1. The molecule has 0 bridgehead atoms. The molecule has 0 aliphatic heterocycles. The van der Waals surface area contributed by atoms with E-state index in [1.807, 2.05) is 24.3 Å². The van der Waals surface area contributed by atoms with Gasteiger partial charge < -0.3 is 19.0 Å². The summed E-state index contributed by atoms with van der Waals surface area (Å²) in [7, 11) is 1.67. The molecule has 1 fully saturated rings. The number of nitrogens with one attached hydrogen (secondary N) is 1. The standard InChI is InChI=1S/C20H26N6O2S/c1-14-22-24-19(28-14)13-29-20-25-23-18(26(20)16-8-4-3-5-9-16)12-21-15-7-6-10-17(11-15)27-2/h6-7,10-11,16,21H,3-5,8-9,12-13H2,1-2H3. The molecule has 1 N–H and O–H groups in total. The molecule has 9 heteroatoms. The van der Waals surface area contributed by atoms with E-state index in [9.17, 15) is 0 Å². The Balaban J connectivity index is 1.51. The van der Waals surface area contributed by atoms with Gasteiger partial charge in [0.15, 0.2) is 11.0 Å². The summed E-state index contributed by atoms with van der Waals surface area (Å²) in [6, 6.07) is 8.35. The molecule has 1 aromatic carbocycles. The SMILES string of the molecule is COc1cccc(NCc2nnc(SCc3nnc(C)o3)n2C2CCCCC2)c1. The van der Waals surface area contributed by atoms with Crippen LogP contribution < -0.4 is 10.1 Å². The number of aromatic nitrogens is 5. The van der Waals surface area contributed by atoms with Gasteiger partial charge in [0.2, 0.25) is 11.8 Å². The average molecular weight is 415 g/mol. The third-order valence-electron chi connectivity index (χ3n) is 5.09. The van der Waals surface area contributed by atoms with Gasteiger partial charge in [0.25, 0.3) is 0 Å². The van der Waals surface area contributed by atoms with Crippen molar-refractivity contribution in [3.63, 3.8) is 0 Å². The van der Waals surface area contributed by atoms with E-state index in [2.05, 4.69) is 30.3 Å². The maximum Gasteiger partial charge on any atom is 0.226 e. The first-order chi connectivity index (χ1) is 14.2. The van der Waals surface area contributed by atoms with Gasteiger partial charge in [-0.15, -0.1) is 20.4 Å². The van der Waals surface area contributed by atoms with E-state index in [0.717, 1.165) is 35.3 Å². The van der Waals surface area contributed by atoms with Crippen LogP contribution in [0.3, 0.4) is 0 Å². The number of anilines is 1. The van der Waals surface area contributed by atoms with Gasteiger partial charge in [-0.1, -0.05) is 37.1 Å². The van der Waals surface area contributed by atoms with Crippen molar-refractivity contribution in [2.24, 2.45) is 0 Å².